The maximum Gasteiger partial charge on any atom is 0.291 e. The molecule has 2 atom stereocenters. The van der Waals surface area contributed by atoms with Gasteiger partial charge in [-0.3, -0.25) is 14.4 Å². The van der Waals surface area contributed by atoms with Crippen molar-refractivity contribution in [1.82, 2.24) is 14.1 Å². The van der Waals surface area contributed by atoms with Gasteiger partial charge in [0.05, 0.1) is 10.9 Å². The highest BCUT2D eigenvalue weighted by Gasteiger charge is 2.51. The summed E-state index contributed by atoms with van der Waals surface area (Å²) in [5.74, 6) is -3.95. The number of halogens is 1. The Bertz CT molecular complexity index is 1180. The Morgan fingerprint density at radius 2 is 1.56 bits per heavy atom. The Morgan fingerprint density at radius 3 is 2.09 bits per heavy atom. The lowest BCUT2D eigenvalue weighted by atomic mass is 9.86. The number of amides is 1. The Labute approximate surface area is 199 Å². The molecule has 0 radical (unpaired) electrons. The molecule has 3 rings (SSSR count). The van der Waals surface area contributed by atoms with Crippen molar-refractivity contribution in [1.29, 1.82) is 0 Å². The minimum Gasteiger partial charge on any atom is -0.328 e. The fraction of sp³-hybridized carbons (Fsp3) is 0.375. The molecule has 0 aromatic heterocycles. The van der Waals surface area contributed by atoms with Crippen LogP contribution >= 0.6 is 0 Å². The molecule has 1 aliphatic rings. The van der Waals surface area contributed by atoms with Crippen LogP contribution in [0.2, 0.25) is 0 Å². The van der Waals surface area contributed by atoms with Crippen molar-refractivity contribution in [2.45, 2.75) is 17.4 Å². The standard InChI is InChI=1S/C24H28FN3O5S/c1-26(2)14-5-15-28-21(16-6-10-18(25)11-7-16)20(23(30)24(28)31)22(29)17-8-12-19(13-9-17)34(32,33)27(3)4/h6-13,20-21H,5,14-15H2,1-4H3. The largest absolute Gasteiger partial charge is 0.328 e. The fourth-order valence-corrected chi connectivity index (χ4v) is 4.90. The molecule has 1 saturated heterocycles. The van der Waals surface area contributed by atoms with Gasteiger partial charge in [-0.05, 0) is 56.9 Å². The monoisotopic (exact) mass is 489 g/mol. The van der Waals surface area contributed by atoms with Gasteiger partial charge in [-0.25, -0.2) is 17.1 Å². The van der Waals surface area contributed by atoms with Gasteiger partial charge in [0.15, 0.2) is 5.78 Å². The predicted octanol–water partition coefficient (Wildman–Crippen LogP) is 1.98. The third-order valence-electron chi connectivity index (χ3n) is 5.82. The summed E-state index contributed by atoms with van der Waals surface area (Å²) < 4.78 is 39.3. The van der Waals surface area contributed by atoms with Gasteiger partial charge in [0, 0.05) is 26.2 Å². The van der Waals surface area contributed by atoms with Crippen molar-refractivity contribution in [2.75, 3.05) is 41.3 Å². The molecule has 1 heterocycles. The molecule has 0 spiro atoms. The first kappa shape index (κ1) is 25.7. The predicted molar refractivity (Wildman–Crippen MR) is 124 cm³/mol. The highest BCUT2D eigenvalue weighted by Crippen LogP contribution is 2.38. The van der Waals surface area contributed by atoms with E-state index in [1.165, 1.54) is 67.5 Å². The van der Waals surface area contributed by atoms with Gasteiger partial charge < -0.3 is 9.80 Å². The van der Waals surface area contributed by atoms with Crippen molar-refractivity contribution < 1.29 is 27.2 Å². The van der Waals surface area contributed by atoms with Crippen LogP contribution in [-0.2, 0) is 19.6 Å². The van der Waals surface area contributed by atoms with E-state index >= 15 is 0 Å². The number of carbonyl (C=O) groups is 3. The van der Waals surface area contributed by atoms with E-state index in [0.717, 1.165) is 4.31 Å². The maximum atomic E-state index is 13.6. The number of nitrogens with zero attached hydrogens (tertiary/aromatic N) is 3. The van der Waals surface area contributed by atoms with Crippen molar-refractivity contribution in [3.05, 3.63) is 65.5 Å². The average Bonchev–Trinajstić information content (AvgIpc) is 3.04. The molecule has 1 fully saturated rings. The van der Waals surface area contributed by atoms with Crippen molar-refractivity contribution >= 4 is 27.5 Å². The molecule has 8 nitrogen and oxygen atoms in total. The number of hydrogen-bond acceptors (Lipinski definition) is 6. The van der Waals surface area contributed by atoms with Gasteiger partial charge in [0.25, 0.3) is 5.91 Å². The molecule has 0 aliphatic carbocycles. The van der Waals surface area contributed by atoms with Crippen LogP contribution in [0, 0.1) is 11.7 Å². The van der Waals surface area contributed by atoms with Crippen molar-refractivity contribution in [3.63, 3.8) is 0 Å². The van der Waals surface area contributed by atoms with Crippen molar-refractivity contribution in [2.24, 2.45) is 5.92 Å². The maximum absolute atomic E-state index is 13.6. The topological polar surface area (TPSA) is 95.1 Å². The molecular formula is C24H28FN3O5S. The third-order valence-corrected chi connectivity index (χ3v) is 7.65. The molecule has 2 aromatic rings. The molecule has 1 aliphatic heterocycles. The van der Waals surface area contributed by atoms with E-state index in [2.05, 4.69) is 0 Å². The number of Topliss-reactive ketones (excluding diaryl/α,β-unsaturated/α-hetero) is 2. The van der Waals surface area contributed by atoms with E-state index in [0.29, 0.717) is 18.5 Å². The zero-order chi connectivity index (χ0) is 25.2. The Balaban J connectivity index is 1.98. The molecule has 34 heavy (non-hydrogen) atoms. The summed E-state index contributed by atoms with van der Waals surface area (Å²) in [6.45, 7) is 0.934. The van der Waals surface area contributed by atoms with Crippen LogP contribution in [0.3, 0.4) is 0 Å². The Kier molecular flexibility index (Phi) is 7.64. The van der Waals surface area contributed by atoms with E-state index in [4.69, 9.17) is 0 Å². The minimum absolute atomic E-state index is 0.00303. The number of sulfonamides is 1. The quantitative estimate of drug-likeness (QED) is 0.304. The van der Waals surface area contributed by atoms with Crippen LogP contribution in [0.25, 0.3) is 0 Å². The summed E-state index contributed by atoms with van der Waals surface area (Å²) in [5.41, 5.74) is 0.599. The summed E-state index contributed by atoms with van der Waals surface area (Å²) in [5, 5.41) is 0. The van der Waals surface area contributed by atoms with E-state index in [9.17, 15) is 27.2 Å². The summed E-state index contributed by atoms with van der Waals surface area (Å²) in [6, 6.07) is 9.79. The minimum atomic E-state index is -3.69. The number of rotatable bonds is 9. The summed E-state index contributed by atoms with van der Waals surface area (Å²) in [6.07, 6.45) is 0.585. The van der Waals surface area contributed by atoms with Gasteiger partial charge in [0.2, 0.25) is 15.8 Å². The third kappa shape index (κ3) is 5.08. The summed E-state index contributed by atoms with van der Waals surface area (Å²) in [4.78, 5) is 42.6. The average molecular weight is 490 g/mol. The van der Waals surface area contributed by atoms with Crippen LogP contribution in [0.5, 0.6) is 0 Å². The molecule has 182 valence electrons. The van der Waals surface area contributed by atoms with Gasteiger partial charge in [-0.2, -0.15) is 0 Å². The molecule has 10 heteroatoms. The first-order valence-electron chi connectivity index (χ1n) is 10.8. The fourth-order valence-electron chi connectivity index (χ4n) is 4.00. The van der Waals surface area contributed by atoms with E-state index in [1.54, 1.807) is 0 Å². The van der Waals surface area contributed by atoms with Crippen LogP contribution in [0.15, 0.2) is 53.4 Å². The SMILES string of the molecule is CN(C)CCCN1C(=O)C(=O)C(C(=O)c2ccc(S(=O)(=O)N(C)C)cc2)C1c1ccc(F)cc1. The molecule has 0 bridgehead atoms. The first-order chi connectivity index (χ1) is 15.9. The Hall–Kier alpha value is -2.95. The molecule has 2 aromatic carbocycles. The summed E-state index contributed by atoms with van der Waals surface area (Å²) >= 11 is 0. The van der Waals surface area contributed by atoms with E-state index < -0.39 is 45.3 Å². The molecule has 2 unspecified atom stereocenters. The lowest BCUT2D eigenvalue weighted by Gasteiger charge is -2.27. The number of benzene rings is 2. The van der Waals surface area contributed by atoms with Crippen LogP contribution < -0.4 is 0 Å². The zero-order valence-electron chi connectivity index (χ0n) is 19.6. The summed E-state index contributed by atoms with van der Waals surface area (Å²) in [7, 11) is 2.89. The Morgan fingerprint density at radius 1 is 0.971 bits per heavy atom. The number of hydrogen-bond donors (Lipinski definition) is 0. The molecule has 1 amide bonds. The smallest absolute Gasteiger partial charge is 0.291 e. The lowest BCUT2D eigenvalue weighted by molar-refractivity contribution is -0.140. The van der Waals surface area contributed by atoms with Crippen LogP contribution in [0.4, 0.5) is 4.39 Å². The normalized spacial score (nSPS) is 18.9. The molecule has 0 N–H and O–H groups in total. The molecular weight excluding hydrogens is 461 g/mol. The van der Waals surface area contributed by atoms with Gasteiger partial charge in [-0.15, -0.1) is 0 Å². The highest BCUT2D eigenvalue weighted by atomic mass is 32.2. The second-order valence-electron chi connectivity index (χ2n) is 8.67. The zero-order valence-corrected chi connectivity index (χ0v) is 20.4. The molecule has 0 saturated carbocycles. The second kappa shape index (κ2) is 10.1. The van der Waals surface area contributed by atoms with Gasteiger partial charge in [-0.1, -0.05) is 24.3 Å². The highest BCUT2D eigenvalue weighted by molar-refractivity contribution is 7.89. The van der Waals surface area contributed by atoms with E-state index in [-0.39, 0.29) is 17.0 Å². The first-order valence-corrected chi connectivity index (χ1v) is 12.2. The van der Waals surface area contributed by atoms with Gasteiger partial charge in [0.1, 0.15) is 11.7 Å². The lowest BCUT2D eigenvalue weighted by Crippen LogP contribution is -2.33. The number of ketones is 2. The second-order valence-corrected chi connectivity index (χ2v) is 10.8. The van der Waals surface area contributed by atoms with Crippen LogP contribution in [-0.4, -0.2) is 81.3 Å². The number of carbonyl (C=O) groups excluding carboxylic acids is 3. The van der Waals surface area contributed by atoms with E-state index in [1.807, 2.05) is 19.0 Å². The van der Waals surface area contributed by atoms with Crippen molar-refractivity contribution in [3.8, 4) is 0 Å². The van der Waals surface area contributed by atoms with Gasteiger partial charge >= 0.3 is 0 Å². The van der Waals surface area contributed by atoms with Crippen LogP contribution in [0.1, 0.15) is 28.4 Å². The number of likely N-dealkylation sites (tertiary alicyclic amines) is 1.